The van der Waals surface area contributed by atoms with Gasteiger partial charge >= 0.3 is 0 Å². The largest absolute Gasteiger partial charge is 0.269 e. The zero-order valence-corrected chi connectivity index (χ0v) is 12.8. The quantitative estimate of drug-likeness (QED) is 0.440. The van der Waals surface area contributed by atoms with Gasteiger partial charge in [-0.1, -0.05) is 53.9 Å². The molecule has 0 aromatic carbocycles. The summed E-state index contributed by atoms with van der Waals surface area (Å²) in [5.74, 6) is 0.444. The molecule has 0 nitrogen and oxygen atoms in total. The third-order valence-electron chi connectivity index (χ3n) is 4.21. The second-order valence-corrected chi connectivity index (χ2v) is 6.06. The SMILES string of the molecule is CCCCC(CC(C)(CCCC)C(C)C)=C(F)F. The van der Waals surface area contributed by atoms with Gasteiger partial charge in [-0.25, -0.2) is 0 Å². The Hall–Kier alpha value is -0.400. The van der Waals surface area contributed by atoms with Crippen LogP contribution in [0.5, 0.6) is 0 Å². The molecule has 0 fully saturated rings. The van der Waals surface area contributed by atoms with Crippen molar-refractivity contribution in [1.82, 2.24) is 0 Å². The molecule has 0 saturated carbocycles. The Labute approximate surface area is 112 Å². The van der Waals surface area contributed by atoms with Crippen LogP contribution in [0.2, 0.25) is 0 Å². The number of hydrogen-bond acceptors (Lipinski definition) is 0. The van der Waals surface area contributed by atoms with Gasteiger partial charge in [0.05, 0.1) is 0 Å². The van der Waals surface area contributed by atoms with E-state index in [9.17, 15) is 8.78 Å². The molecule has 0 radical (unpaired) electrons. The monoisotopic (exact) mass is 260 g/mol. The van der Waals surface area contributed by atoms with Gasteiger partial charge in [0.2, 0.25) is 0 Å². The van der Waals surface area contributed by atoms with Gasteiger partial charge in [0.15, 0.2) is 0 Å². The minimum atomic E-state index is -1.44. The molecule has 0 spiro atoms. The van der Waals surface area contributed by atoms with Crippen molar-refractivity contribution in [3.63, 3.8) is 0 Å². The van der Waals surface area contributed by atoms with Crippen molar-refractivity contribution < 1.29 is 8.78 Å². The summed E-state index contributed by atoms with van der Waals surface area (Å²) in [5, 5.41) is 0. The van der Waals surface area contributed by atoms with Crippen molar-refractivity contribution in [3.05, 3.63) is 11.7 Å². The van der Waals surface area contributed by atoms with E-state index in [1.165, 1.54) is 0 Å². The van der Waals surface area contributed by atoms with Crippen LogP contribution in [0.3, 0.4) is 0 Å². The molecule has 1 atom stereocenters. The van der Waals surface area contributed by atoms with Crippen LogP contribution >= 0.6 is 0 Å². The molecule has 0 aromatic heterocycles. The predicted molar refractivity (Wildman–Crippen MR) is 75.9 cm³/mol. The first-order chi connectivity index (χ1) is 8.37. The first-order valence-electron chi connectivity index (χ1n) is 7.40. The Balaban J connectivity index is 4.77. The van der Waals surface area contributed by atoms with Crippen molar-refractivity contribution in [1.29, 1.82) is 0 Å². The van der Waals surface area contributed by atoms with Crippen molar-refractivity contribution in [2.24, 2.45) is 11.3 Å². The summed E-state index contributed by atoms with van der Waals surface area (Å²) in [5.41, 5.74) is 0.409. The lowest BCUT2D eigenvalue weighted by Gasteiger charge is -2.35. The lowest BCUT2D eigenvalue weighted by molar-refractivity contribution is 0.185. The van der Waals surface area contributed by atoms with E-state index in [1.54, 1.807) is 0 Å². The van der Waals surface area contributed by atoms with Crippen molar-refractivity contribution in [3.8, 4) is 0 Å². The highest BCUT2D eigenvalue weighted by molar-refractivity contribution is 5.06. The van der Waals surface area contributed by atoms with Crippen molar-refractivity contribution in [2.75, 3.05) is 0 Å². The molecule has 1 unspecified atom stereocenters. The van der Waals surface area contributed by atoms with Gasteiger partial charge in [-0.05, 0) is 42.6 Å². The van der Waals surface area contributed by atoms with E-state index < -0.39 is 6.08 Å². The summed E-state index contributed by atoms with van der Waals surface area (Å²) < 4.78 is 26.0. The Bertz CT molecular complexity index is 252. The zero-order valence-electron chi connectivity index (χ0n) is 12.8. The highest BCUT2D eigenvalue weighted by Crippen LogP contribution is 2.41. The highest BCUT2D eigenvalue weighted by atomic mass is 19.3. The number of rotatable bonds is 9. The standard InChI is InChI=1S/C16H30F2/c1-6-8-10-14(15(17)18)12-16(5,13(3)4)11-9-7-2/h13H,6-12H2,1-5H3. The Morgan fingerprint density at radius 3 is 2.00 bits per heavy atom. The molecule has 0 aliphatic carbocycles. The Kier molecular flexibility index (Phi) is 8.47. The van der Waals surface area contributed by atoms with E-state index in [1.807, 2.05) is 6.92 Å². The molecule has 0 aliphatic rings. The number of halogens is 2. The van der Waals surface area contributed by atoms with Gasteiger partial charge in [0.1, 0.15) is 0 Å². The first kappa shape index (κ1) is 17.6. The fourth-order valence-corrected chi connectivity index (χ4v) is 2.29. The van der Waals surface area contributed by atoms with Crippen LogP contribution in [-0.4, -0.2) is 0 Å². The predicted octanol–water partition coefficient (Wildman–Crippen LogP) is 6.57. The minimum Gasteiger partial charge on any atom is -0.173 e. The Morgan fingerprint density at radius 2 is 1.61 bits per heavy atom. The van der Waals surface area contributed by atoms with Crippen LogP contribution < -0.4 is 0 Å². The van der Waals surface area contributed by atoms with Crippen molar-refractivity contribution in [2.45, 2.75) is 79.6 Å². The molecule has 18 heavy (non-hydrogen) atoms. The molecule has 0 amide bonds. The second kappa shape index (κ2) is 8.66. The van der Waals surface area contributed by atoms with Crippen LogP contribution in [0.1, 0.15) is 79.6 Å². The van der Waals surface area contributed by atoms with Crippen LogP contribution in [-0.2, 0) is 0 Å². The summed E-state index contributed by atoms with van der Waals surface area (Å²) in [6.07, 6.45) is 4.84. The van der Waals surface area contributed by atoms with Crippen molar-refractivity contribution >= 4 is 0 Å². The third kappa shape index (κ3) is 5.97. The molecule has 0 saturated heterocycles. The lowest BCUT2D eigenvalue weighted by Crippen LogP contribution is -2.24. The molecule has 0 aromatic rings. The van der Waals surface area contributed by atoms with Crippen LogP contribution in [0, 0.1) is 11.3 Å². The lowest BCUT2D eigenvalue weighted by atomic mass is 9.70. The molecular weight excluding hydrogens is 230 g/mol. The van der Waals surface area contributed by atoms with E-state index in [-0.39, 0.29) is 5.41 Å². The minimum absolute atomic E-state index is 0.0164. The number of allylic oxidation sites excluding steroid dienone is 1. The maximum absolute atomic E-state index is 13.0. The highest BCUT2D eigenvalue weighted by Gasteiger charge is 2.29. The van der Waals surface area contributed by atoms with Gasteiger partial charge < -0.3 is 0 Å². The van der Waals surface area contributed by atoms with Crippen LogP contribution in [0.4, 0.5) is 8.78 Å². The summed E-state index contributed by atoms with van der Waals surface area (Å²) in [4.78, 5) is 0. The van der Waals surface area contributed by atoms with E-state index in [0.29, 0.717) is 24.3 Å². The maximum Gasteiger partial charge on any atom is 0.269 e. The van der Waals surface area contributed by atoms with Crippen LogP contribution in [0.15, 0.2) is 11.7 Å². The summed E-state index contributed by atoms with van der Waals surface area (Å²) in [7, 11) is 0. The van der Waals surface area contributed by atoms with E-state index in [2.05, 4.69) is 27.7 Å². The number of hydrogen-bond donors (Lipinski definition) is 0. The maximum atomic E-state index is 13.0. The molecule has 0 rings (SSSR count). The fraction of sp³-hybridized carbons (Fsp3) is 0.875. The smallest absolute Gasteiger partial charge is 0.173 e. The van der Waals surface area contributed by atoms with E-state index in [4.69, 9.17) is 0 Å². The average Bonchev–Trinajstić information content (AvgIpc) is 2.31. The van der Waals surface area contributed by atoms with Gasteiger partial charge in [-0.3, -0.25) is 0 Å². The molecule has 2 heteroatoms. The molecule has 108 valence electrons. The zero-order chi connectivity index (χ0) is 14.2. The average molecular weight is 260 g/mol. The van der Waals surface area contributed by atoms with Crippen LogP contribution in [0.25, 0.3) is 0 Å². The fourth-order valence-electron chi connectivity index (χ4n) is 2.29. The normalized spacial score (nSPS) is 14.7. The van der Waals surface area contributed by atoms with Gasteiger partial charge in [0.25, 0.3) is 6.08 Å². The van der Waals surface area contributed by atoms with Gasteiger partial charge in [-0.15, -0.1) is 0 Å². The molecule has 0 heterocycles. The first-order valence-corrected chi connectivity index (χ1v) is 7.40. The van der Waals surface area contributed by atoms with Gasteiger partial charge in [0, 0.05) is 0 Å². The van der Waals surface area contributed by atoms with E-state index >= 15 is 0 Å². The summed E-state index contributed by atoms with van der Waals surface area (Å²) >= 11 is 0. The summed E-state index contributed by atoms with van der Waals surface area (Å²) in [6, 6.07) is 0. The molecule has 0 N–H and O–H groups in total. The van der Waals surface area contributed by atoms with Gasteiger partial charge in [-0.2, -0.15) is 8.78 Å². The molecular formula is C16H30F2. The summed E-state index contributed by atoms with van der Waals surface area (Å²) in [6.45, 7) is 10.7. The molecule has 0 aliphatic heterocycles. The Morgan fingerprint density at radius 1 is 1.06 bits per heavy atom. The number of unbranched alkanes of at least 4 members (excludes halogenated alkanes) is 2. The topological polar surface area (TPSA) is 0 Å². The third-order valence-corrected chi connectivity index (χ3v) is 4.21. The molecule has 0 bridgehead atoms. The van der Waals surface area contributed by atoms with E-state index in [0.717, 1.165) is 32.1 Å². The second-order valence-electron chi connectivity index (χ2n) is 6.06.